The van der Waals surface area contributed by atoms with E-state index in [2.05, 4.69) is 5.32 Å². The maximum Gasteiger partial charge on any atom is 0.240 e. The van der Waals surface area contributed by atoms with Crippen LogP contribution < -0.4 is 11.1 Å². The maximum atomic E-state index is 11.6. The lowest BCUT2D eigenvalue weighted by Gasteiger charge is -2.09. The van der Waals surface area contributed by atoms with Gasteiger partial charge in [-0.05, 0) is 43.3 Å². The average molecular weight is 307 g/mol. The van der Waals surface area contributed by atoms with E-state index in [-0.39, 0.29) is 5.91 Å². The summed E-state index contributed by atoms with van der Waals surface area (Å²) in [6.07, 6.45) is 0. The minimum absolute atomic E-state index is 0.199. The molecule has 2 aromatic rings. The van der Waals surface area contributed by atoms with Crippen LogP contribution in [-0.2, 0) is 4.79 Å². The number of carbonyl (C=O) groups is 1. The van der Waals surface area contributed by atoms with E-state index in [0.717, 1.165) is 15.5 Å². The lowest BCUT2D eigenvalue weighted by Crippen LogP contribution is -2.32. The third kappa shape index (κ3) is 4.27. The van der Waals surface area contributed by atoms with Crippen LogP contribution in [0.25, 0.3) is 0 Å². The standard InChI is InChI=1S/C15H15ClN2OS/c1-10(17)15(19)18-12-5-3-7-14(9-12)20-13-6-2-4-11(16)8-13/h2-10H,17H2,1H3,(H,18,19). The highest BCUT2D eigenvalue weighted by Gasteiger charge is 2.07. The molecule has 1 atom stereocenters. The minimum Gasteiger partial charge on any atom is -0.325 e. The first-order valence-electron chi connectivity index (χ1n) is 6.14. The van der Waals surface area contributed by atoms with Gasteiger partial charge >= 0.3 is 0 Å². The summed E-state index contributed by atoms with van der Waals surface area (Å²) in [5.41, 5.74) is 6.27. The van der Waals surface area contributed by atoms with Gasteiger partial charge < -0.3 is 11.1 Å². The highest BCUT2D eigenvalue weighted by molar-refractivity contribution is 7.99. The number of nitrogens with two attached hydrogens (primary N) is 1. The quantitative estimate of drug-likeness (QED) is 0.904. The van der Waals surface area contributed by atoms with E-state index in [4.69, 9.17) is 17.3 Å². The van der Waals surface area contributed by atoms with Gasteiger partial charge in [-0.1, -0.05) is 35.5 Å². The molecule has 0 fully saturated rings. The molecule has 1 unspecified atom stereocenters. The van der Waals surface area contributed by atoms with E-state index >= 15 is 0 Å². The SMILES string of the molecule is CC(N)C(=O)Nc1cccc(Sc2cccc(Cl)c2)c1. The number of hydrogen-bond acceptors (Lipinski definition) is 3. The van der Waals surface area contributed by atoms with Gasteiger partial charge in [0.25, 0.3) is 0 Å². The van der Waals surface area contributed by atoms with Gasteiger partial charge in [-0.3, -0.25) is 4.79 Å². The van der Waals surface area contributed by atoms with Crippen molar-refractivity contribution in [2.24, 2.45) is 5.73 Å². The van der Waals surface area contributed by atoms with Crippen LogP contribution in [0.3, 0.4) is 0 Å². The van der Waals surface area contributed by atoms with Gasteiger partial charge in [-0.25, -0.2) is 0 Å². The van der Waals surface area contributed by atoms with Gasteiger partial charge in [0, 0.05) is 20.5 Å². The second-order valence-corrected chi connectivity index (χ2v) is 5.95. The number of hydrogen-bond donors (Lipinski definition) is 2. The summed E-state index contributed by atoms with van der Waals surface area (Å²) in [6.45, 7) is 1.65. The van der Waals surface area contributed by atoms with Gasteiger partial charge in [0.1, 0.15) is 0 Å². The molecule has 0 bridgehead atoms. The van der Waals surface area contributed by atoms with E-state index in [1.54, 1.807) is 18.7 Å². The second-order valence-electron chi connectivity index (χ2n) is 4.37. The Balaban J connectivity index is 2.12. The van der Waals surface area contributed by atoms with E-state index in [9.17, 15) is 4.79 Å². The summed E-state index contributed by atoms with van der Waals surface area (Å²) in [6, 6.07) is 14.7. The van der Waals surface area contributed by atoms with Crippen molar-refractivity contribution in [1.82, 2.24) is 0 Å². The normalized spacial score (nSPS) is 11.9. The molecule has 2 rings (SSSR count). The van der Waals surface area contributed by atoms with Crippen molar-refractivity contribution < 1.29 is 4.79 Å². The fraction of sp³-hybridized carbons (Fsp3) is 0.133. The Kier molecular flexibility index (Phi) is 5.06. The molecule has 5 heteroatoms. The molecule has 104 valence electrons. The lowest BCUT2D eigenvalue weighted by molar-refractivity contribution is -0.117. The van der Waals surface area contributed by atoms with E-state index in [0.29, 0.717) is 5.02 Å². The molecule has 0 radical (unpaired) electrons. The van der Waals surface area contributed by atoms with Crippen LogP contribution in [0.15, 0.2) is 58.3 Å². The fourth-order valence-electron chi connectivity index (χ4n) is 1.56. The van der Waals surface area contributed by atoms with Crippen LogP contribution in [0.2, 0.25) is 5.02 Å². The van der Waals surface area contributed by atoms with Crippen LogP contribution in [0, 0.1) is 0 Å². The highest BCUT2D eigenvalue weighted by atomic mass is 35.5. The molecular weight excluding hydrogens is 292 g/mol. The zero-order chi connectivity index (χ0) is 14.5. The predicted octanol–water partition coefficient (Wildman–Crippen LogP) is 3.78. The Morgan fingerprint density at radius 3 is 2.50 bits per heavy atom. The van der Waals surface area contributed by atoms with Gasteiger partial charge in [-0.15, -0.1) is 0 Å². The lowest BCUT2D eigenvalue weighted by atomic mass is 10.3. The molecular formula is C15H15ClN2OS. The van der Waals surface area contributed by atoms with Crippen molar-refractivity contribution in [1.29, 1.82) is 0 Å². The Hall–Kier alpha value is -1.49. The molecule has 2 aromatic carbocycles. The van der Waals surface area contributed by atoms with Crippen molar-refractivity contribution in [3.8, 4) is 0 Å². The summed E-state index contributed by atoms with van der Waals surface area (Å²) >= 11 is 7.55. The molecule has 0 aromatic heterocycles. The topological polar surface area (TPSA) is 55.1 Å². The van der Waals surface area contributed by atoms with E-state index in [1.165, 1.54) is 0 Å². The largest absolute Gasteiger partial charge is 0.325 e. The molecule has 0 aliphatic rings. The Labute approximate surface area is 127 Å². The molecule has 3 N–H and O–H groups in total. The Morgan fingerprint density at radius 2 is 1.85 bits per heavy atom. The molecule has 1 amide bonds. The van der Waals surface area contributed by atoms with Crippen LogP contribution in [0.1, 0.15) is 6.92 Å². The van der Waals surface area contributed by atoms with Gasteiger partial charge in [-0.2, -0.15) is 0 Å². The van der Waals surface area contributed by atoms with E-state index < -0.39 is 6.04 Å². The van der Waals surface area contributed by atoms with Crippen LogP contribution in [0.4, 0.5) is 5.69 Å². The number of anilines is 1. The monoisotopic (exact) mass is 306 g/mol. The summed E-state index contributed by atoms with van der Waals surface area (Å²) in [5, 5.41) is 3.48. The van der Waals surface area contributed by atoms with Crippen molar-refractivity contribution in [2.45, 2.75) is 22.8 Å². The number of rotatable bonds is 4. The molecule has 0 aliphatic carbocycles. The molecule has 3 nitrogen and oxygen atoms in total. The highest BCUT2D eigenvalue weighted by Crippen LogP contribution is 2.30. The van der Waals surface area contributed by atoms with Crippen molar-refractivity contribution in [3.05, 3.63) is 53.6 Å². The smallest absolute Gasteiger partial charge is 0.240 e. The minimum atomic E-state index is -0.528. The first-order chi connectivity index (χ1) is 9.54. The zero-order valence-corrected chi connectivity index (χ0v) is 12.5. The third-order valence-electron chi connectivity index (χ3n) is 2.55. The van der Waals surface area contributed by atoms with Crippen molar-refractivity contribution in [2.75, 3.05) is 5.32 Å². The fourth-order valence-corrected chi connectivity index (χ4v) is 2.75. The summed E-state index contributed by atoms with van der Waals surface area (Å²) in [5.74, 6) is -0.199. The van der Waals surface area contributed by atoms with Gasteiger partial charge in [0.2, 0.25) is 5.91 Å². The van der Waals surface area contributed by atoms with Gasteiger partial charge in [0.15, 0.2) is 0 Å². The maximum absolute atomic E-state index is 11.6. The molecule has 0 spiro atoms. The molecule has 0 saturated heterocycles. The van der Waals surface area contributed by atoms with Gasteiger partial charge in [0.05, 0.1) is 6.04 Å². The van der Waals surface area contributed by atoms with Crippen LogP contribution >= 0.6 is 23.4 Å². The number of halogens is 1. The molecule has 20 heavy (non-hydrogen) atoms. The summed E-state index contributed by atoms with van der Waals surface area (Å²) in [4.78, 5) is 13.6. The molecule has 0 heterocycles. The third-order valence-corrected chi connectivity index (χ3v) is 3.76. The average Bonchev–Trinajstić information content (AvgIpc) is 2.39. The van der Waals surface area contributed by atoms with Crippen LogP contribution in [-0.4, -0.2) is 11.9 Å². The predicted molar refractivity (Wildman–Crippen MR) is 84.3 cm³/mol. The Bertz CT molecular complexity index is 616. The molecule has 0 aliphatic heterocycles. The molecule has 0 saturated carbocycles. The Morgan fingerprint density at radius 1 is 1.20 bits per heavy atom. The number of carbonyl (C=O) groups excluding carboxylic acids is 1. The van der Waals surface area contributed by atoms with Crippen molar-refractivity contribution in [3.63, 3.8) is 0 Å². The number of amides is 1. The first kappa shape index (κ1) is 14.9. The summed E-state index contributed by atoms with van der Waals surface area (Å²) in [7, 11) is 0. The summed E-state index contributed by atoms with van der Waals surface area (Å²) < 4.78 is 0. The van der Waals surface area contributed by atoms with Crippen molar-refractivity contribution >= 4 is 35.0 Å². The van der Waals surface area contributed by atoms with E-state index in [1.807, 2.05) is 48.5 Å². The van der Waals surface area contributed by atoms with Crippen LogP contribution in [0.5, 0.6) is 0 Å². The second kappa shape index (κ2) is 6.79. The number of benzene rings is 2. The zero-order valence-electron chi connectivity index (χ0n) is 11.0. The number of nitrogens with one attached hydrogen (secondary N) is 1. The first-order valence-corrected chi connectivity index (χ1v) is 7.34.